The normalized spacial score (nSPS) is 15.1. The maximum atomic E-state index is 13.5. The molecule has 17 heavy (non-hydrogen) atoms. The number of benzene rings is 1. The van der Waals surface area contributed by atoms with Crippen molar-refractivity contribution in [3.63, 3.8) is 0 Å². The SMILES string of the molecule is COC(C(C)C)C(N)c1ccc(F)c(F)c1F. The highest BCUT2D eigenvalue weighted by Gasteiger charge is 2.27. The third kappa shape index (κ3) is 2.79. The summed E-state index contributed by atoms with van der Waals surface area (Å²) < 4.78 is 44.5. The minimum absolute atomic E-state index is 0.0301. The van der Waals surface area contributed by atoms with E-state index in [0.29, 0.717) is 0 Å². The van der Waals surface area contributed by atoms with E-state index in [1.807, 2.05) is 13.8 Å². The maximum absolute atomic E-state index is 13.5. The first-order valence-electron chi connectivity index (χ1n) is 5.31. The first-order valence-corrected chi connectivity index (χ1v) is 5.31. The van der Waals surface area contributed by atoms with E-state index in [1.165, 1.54) is 7.11 Å². The Morgan fingerprint density at radius 2 is 1.71 bits per heavy atom. The molecule has 5 heteroatoms. The first kappa shape index (κ1) is 14.0. The monoisotopic (exact) mass is 247 g/mol. The van der Waals surface area contributed by atoms with Crippen LogP contribution in [0.25, 0.3) is 0 Å². The van der Waals surface area contributed by atoms with Gasteiger partial charge in [-0.05, 0) is 12.0 Å². The summed E-state index contributed by atoms with van der Waals surface area (Å²) in [5.41, 5.74) is 5.74. The number of nitrogens with two attached hydrogens (primary N) is 1. The molecule has 0 aromatic heterocycles. The molecule has 0 heterocycles. The number of hydrogen-bond acceptors (Lipinski definition) is 2. The largest absolute Gasteiger partial charge is 0.379 e. The number of methoxy groups -OCH3 is 1. The Hall–Kier alpha value is -1.07. The van der Waals surface area contributed by atoms with E-state index in [2.05, 4.69) is 0 Å². The zero-order chi connectivity index (χ0) is 13.2. The van der Waals surface area contributed by atoms with Crippen molar-refractivity contribution in [3.05, 3.63) is 35.1 Å². The Kier molecular flexibility index (Phi) is 4.54. The molecular weight excluding hydrogens is 231 g/mol. The average molecular weight is 247 g/mol. The molecule has 0 aliphatic carbocycles. The van der Waals surface area contributed by atoms with Crippen molar-refractivity contribution in [1.82, 2.24) is 0 Å². The molecule has 0 fully saturated rings. The lowest BCUT2D eigenvalue weighted by molar-refractivity contribution is 0.0426. The van der Waals surface area contributed by atoms with Gasteiger partial charge in [0, 0.05) is 12.7 Å². The van der Waals surface area contributed by atoms with Gasteiger partial charge in [0.25, 0.3) is 0 Å². The van der Waals surface area contributed by atoms with Gasteiger partial charge < -0.3 is 10.5 Å². The first-order chi connectivity index (χ1) is 7.90. The standard InChI is InChI=1S/C12H16F3NO/c1-6(2)12(17-3)11(16)7-4-5-8(13)10(15)9(7)14/h4-6,11-12H,16H2,1-3H3. The van der Waals surface area contributed by atoms with Crippen LogP contribution in [0.3, 0.4) is 0 Å². The second-order valence-electron chi connectivity index (χ2n) is 4.23. The molecule has 2 unspecified atom stereocenters. The minimum Gasteiger partial charge on any atom is -0.379 e. The summed E-state index contributed by atoms with van der Waals surface area (Å²) in [7, 11) is 1.45. The number of rotatable bonds is 4. The van der Waals surface area contributed by atoms with Crippen LogP contribution in [0, 0.1) is 23.4 Å². The van der Waals surface area contributed by atoms with Crippen LogP contribution in [0.1, 0.15) is 25.5 Å². The van der Waals surface area contributed by atoms with Gasteiger partial charge in [-0.3, -0.25) is 0 Å². The van der Waals surface area contributed by atoms with E-state index in [-0.39, 0.29) is 11.5 Å². The topological polar surface area (TPSA) is 35.2 Å². The summed E-state index contributed by atoms with van der Waals surface area (Å²) in [6.45, 7) is 3.71. The molecule has 2 N–H and O–H groups in total. The highest BCUT2D eigenvalue weighted by atomic mass is 19.2. The molecule has 0 saturated heterocycles. The molecule has 1 aromatic rings. The fraction of sp³-hybridized carbons (Fsp3) is 0.500. The lowest BCUT2D eigenvalue weighted by Gasteiger charge is -2.26. The van der Waals surface area contributed by atoms with Gasteiger partial charge in [0.1, 0.15) is 0 Å². The van der Waals surface area contributed by atoms with E-state index in [1.54, 1.807) is 0 Å². The molecule has 0 amide bonds. The van der Waals surface area contributed by atoms with Crippen molar-refractivity contribution in [3.8, 4) is 0 Å². The minimum atomic E-state index is -1.50. The highest BCUT2D eigenvalue weighted by molar-refractivity contribution is 5.24. The Balaban J connectivity index is 3.12. The Labute approximate surface area is 98.6 Å². The molecule has 0 saturated carbocycles. The molecule has 0 aliphatic heterocycles. The lowest BCUT2D eigenvalue weighted by Crippen LogP contribution is -2.33. The second-order valence-corrected chi connectivity index (χ2v) is 4.23. The summed E-state index contributed by atoms with van der Waals surface area (Å²) in [5.74, 6) is -3.95. The average Bonchev–Trinajstić information content (AvgIpc) is 2.26. The van der Waals surface area contributed by atoms with Crippen LogP contribution in [0.5, 0.6) is 0 Å². The van der Waals surface area contributed by atoms with Crippen molar-refractivity contribution >= 4 is 0 Å². The van der Waals surface area contributed by atoms with Crippen molar-refractivity contribution in [2.45, 2.75) is 26.0 Å². The van der Waals surface area contributed by atoms with Crippen molar-refractivity contribution < 1.29 is 17.9 Å². The molecular formula is C12H16F3NO. The van der Waals surface area contributed by atoms with Gasteiger partial charge >= 0.3 is 0 Å². The van der Waals surface area contributed by atoms with Gasteiger partial charge in [0.2, 0.25) is 0 Å². The van der Waals surface area contributed by atoms with Crippen LogP contribution in [0.4, 0.5) is 13.2 Å². The van der Waals surface area contributed by atoms with Crippen molar-refractivity contribution in [2.75, 3.05) is 7.11 Å². The van der Waals surface area contributed by atoms with E-state index < -0.39 is 29.6 Å². The zero-order valence-corrected chi connectivity index (χ0v) is 10.0. The van der Waals surface area contributed by atoms with E-state index in [0.717, 1.165) is 12.1 Å². The molecule has 0 radical (unpaired) electrons. The summed E-state index contributed by atoms with van der Waals surface area (Å²) in [6, 6.07) is 1.17. The Morgan fingerprint density at radius 1 is 1.12 bits per heavy atom. The van der Waals surface area contributed by atoms with Gasteiger partial charge in [-0.15, -0.1) is 0 Å². The molecule has 1 aromatic carbocycles. The predicted molar refractivity (Wildman–Crippen MR) is 58.9 cm³/mol. The number of hydrogen-bond donors (Lipinski definition) is 1. The van der Waals surface area contributed by atoms with Gasteiger partial charge in [-0.25, -0.2) is 13.2 Å². The van der Waals surface area contributed by atoms with Crippen LogP contribution in [0.15, 0.2) is 12.1 Å². The zero-order valence-electron chi connectivity index (χ0n) is 10.0. The lowest BCUT2D eigenvalue weighted by atomic mass is 9.94. The summed E-state index contributed by atoms with van der Waals surface area (Å²) in [4.78, 5) is 0. The fourth-order valence-corrected chi connectivity index (χ4v) is 1.81. The molecule has 2 nitrogen and oxygen atoms in total. The van der Waals surface area contributed by atoms with Gasteiger partial charge in [0.15, 0.2) is 17.5 Å². The van der Waals surface area contributed by atoms with E-state index in [9.17, 15) is 13.2 Å². The van der Waals surface area contributed by atoms with Crippen LogP contribution >= 0.6 is 0 Å². The predicted octanol–water partition coefficient (Wildman–Crippen LogP) is 2.77. The van der Waals surface area contributed by atoms with Crippen LogP contribution in [-0.4, -0.2) is 13.2 Å². The molecule has 1 rings (SSSR count). The summed E-state index contributed by atoms with van der Waals surface area (Å²) in [6.07, 6.45) is -0.464. The van der Waals surface area contributed by atoms with Gasteiger partial charge in [-0.2, -0.15) is 0 Å². The fourth-order valence-electron chi connectivity index (χ4n) is 1.81. The van der Waals surface area contributed by atoms with Crippen molar-refractivity contribution in [1.29, 1.82) is 0 Å². The third-order valence-electron chi connectivity index (χ3n) is 2.71. The van der Waals surface area contributed by atoms with Crippen LogP contribution in [0.2, 0.25) is 0 Å². The van der Waals surface area contributed by atoms with Crippen LogP contribution in [-0.2, 0) is 4.74 Å². The molecule has 0 aliphatic rings. The molecule has 0 bridgehead atoms. The van der Waals surface area contributed by atoms with Gasteiger partial charge in [-0.1, -0.05) is 19.9 Å². The molecule has 96 valence electrons. The molecule has 0 spiro atoms. The number of halogens is 3. The Morgan fingerprint density at radius 3 is 2.18 bits per heavy atom. The summed E-state index contributed by atoms with van der Waals surface area (Å²) in [5, 5.41) is 0. The van der Waals surface area contributed by atoms with Gasteiger partial charge in [0.05, 0.1) is 12.1 Å². The quantitative estimate of drug-likeness (QED) is 0.830. The number of ether oxygens (including phenoxy) is 1. The van der Waals surface area contributed by atoms with Crippen LogP contribution < -0.4 is 5.73 Å². The van der Waals surface area contributed by atoms with Crippen molar-refractivity contribution in [2.24, 2.45) is 11.7 Å². The smallest absolute Gasteiger partial charge is 0.194 e. The maximum Gasteiger partial charge on any atom is 0.194 e. The molecule has 2 atom stereocenters. The van der Waals surface area contributed by atoms with E-state index >= 15 is 0 Å². The summed E-state index contributed by atoms with van der Waals surface area (Å²) >= 11 is 0. The third-order valence-corrected chi connectivity index (χ3v) is 2.71. The Bertz CT molecular complexity index is 396. The van der Waals surface area contributed by atoms with E-state index in [4.69, 9.17) is 10.5 Å². The highest BCUT2D eigenvalue weighted by Crippen LogP contribution is 2.26. The second kappa shape index (κ2) is 5.51.